The third-order valence-electron chi connectivity index (χ3n) is 0.507. The maximum absolute atomic E-state index is 9.61. The number of hydroxylamine groups is 2. The van der Waals surface area contributed by atoms with E-state index in [9.17, 15) is 5.26 Å². The van der Waals surface area contributed by atoms with E-state index >= 15 is 0 Å². The van der Waals surface area contributed by atoms with Crippen molar-refractivity contribution in [2.45, 2.75) is 26.4 Å². The molecule has 0 bridgehead atoms. The molecule has 0 saturated heterocycles. The molecule has 0 heterocycles. The first-order chi connectivity index (χ1) is 3.95. The van der Waals surface area contributed by atoms with E-state index < -0.39 is 0 Å². The minimum absolute atomic E-state index is 0. The van der Waals surface area contributed by atoms with Gasteiger partial charge in [-0.15, -0.1) is 0 Å². The first-order valence-electron chi connectivity index (χ1n) is 2.68. The Bertz CT molecular complexity index is 83.5. The van der Waals surface area contributed by atoms with Crippen molar-refractivity contribution in [1.82, 2.24) is 5.23 Å². The summed E-state index contributed by atoms with van der Waals surface area (Å²) in [7, 11) is 1.40. The molecule has 0 aliphatic carbocycles. The minimum Gasteiger partial charge on any atom is -0.702 e. The second kappa shape index (κ2) is 6.04. The Morgan fingerprint density at radius 3 is 1.80 bits per heavy atom. The van der Waals surface area contributed by atoms with Gasteiger partial charge in [0.25, 0.3) is 0 Å². The molecule has 0 saturated carbocycles. The van der Waals surface area contributed by atoms with Gasteiger partial charge in [0.15, 0.2) is 0 Å². The molecule has 56 valence electrons. The van der Waals surface area contributed by atoms with Crippen LogP contribution >= 0.6 is 0 Å². The van der Waals surface area contributed by atoms with Crippen molar-refractivity contribution in [1.29, 1.82) is 0 Å². The fourth-order valence-corrected chi connectivity index (χ4v) is 0.401. The van der Waals surface area contributed by atoms with Gasteiger partial charge in [-0.05, 0) is 20.8 Å². The Balaban J connectivity index is 0. The molecule has 4 nitrogen and oxygen atoms in total. The van der Waals surface area contributed by atoms with Crippen molar-refractivity contribution in [2.75, 3.05) is 7.05 Å². The predicted octanol–water partition coefficient (Wildman–Crippen LogP) is -3.14. The molecule has 0 radical (unpaired) electrons. The van der Waals surface area contributed by atoms with Gasteiger partial charge in [0.1, 0.15) is 0 Å². The Morgan fingerprint density at radius 2 is 1.70 bits per heavy atom. The molecular formula is C5H12KNO3. The summed E-state index contributed by atoms with van der Waals surface area (Å²) in [6, 6.07) is 0. The zero-order valence-corrected chi connectivity index (χ0v) is 10.3. The predicted molar refractivity (Wildman–Crippen MR) is 29.7 cm³/mol. The number of nitrogens with zero attached hydrogens (tertiary/aromatic N) is 1. The van der Waals surface area contributed by atoms with Gasteiger partial charge in [0, 0.05) is 7.05 Å². The SMILES string of the molecule is CN(O[O-])OC(C)(C)C.[K+]. The Kier molecular flexibility index (Phi) is 8.48. The number of hydrogen-bond donors (Lipinski definition) is 0. The van der Waals surface area contributed by atoms with Crippen LogP contribution in [0.25, 0.3) is 0 Å². The number of rotatable bonds is 2. The van der Waals surface area contributed by atoms with E-state index in [2.05, 4.69) is 4.99 Å². The van der Waals surface area contributed by atoms with Gasteiger partial charge in [-0.2, -0.15) is 0 Å². The summed E-state index contributed by atoms with van der Waals surface area (Å²) in [6.45, 7) is 5.47. The molecule has 0 atom stereocenters. The fraction of sp³-hybridized carbons (Fsp3) is 1.00. The van der Waals surface area contributed by atoms with Crippen molar-refractivity contribution in [3.63, 3.8) is 0 Å². The van der Waals surface area contributed by atoms with Gasteiger partial charge in [0.2, 0.25) is 0 Å². The average molecular weight is 173 g/mol. The van der Waals surface area contributed by atoms with E-state index in [1.54, 1.807) is 0 Å². The minimum atomic E-state index is -0.376. The Morgan fingerprint density at radius 1 is 1.30 bits per heavy atom. The quantitative estimate of drug-likeness (QED) is 0.251. The largest absolute Gasteiger partial charge is 1.00 e. The van der Waals surface area contributed by atoms with Crippen molar-refractivity contribution < 1.29 is 66.5 Å². The first-order valence-corrected chi connectivity index (χ1v) is 2.68. The molecule has 10 heavy (non-hydrogen) atoms. The van der Waals surface area contributed by atoms with Gasteiger partial charge in [-0.25, -0.2) is 0 Å². The standard InChI is InChI=1S/C5H13NO3.K/c1-5(2,3)8-6(4)9-7;/h7H,1-4H3;/q;+1/p-1. The van der Waals surface area contributed by atoms with Crippen molar-refractivity contribution in [2.24, 2.45) is 0 Å². The number of hydrogen-bond acceptors (Lipinski definition) is 4. The zero-order chi connectivity index (χ0) is 7.49. The monoisotopic (exact) mass is 173 g/mol. The Labute approximate surface area is 104 Å². The molecule has 0 amide bonds. The van der Waals surface area contributed by atoms with Gasteiger partial charge in [0.05, 0.1) is 5.60 Å². The first kappa shape index (κ1) is 14.0. The molecule has 0 aromatic rings. The van der Waals surface area contributed by atoms with Crippen LogP contribution in [-0.2, 0) is 9.83 Å². The molecule has 0 N–H and O–H groups in total. The van der Waals surface area contributed by atoms with E-state index in [0.29, 0.717) is 0 Å². The van der Waals surface area contributed by atoms with E-state index in [1.165, 1.54) is 7.05 Å². The average Bonchev–Trinajstić information content (AvgIpc) is 1.62. The van der Waals surface area contributed by atoms with Crippen molar-refractivity contribution >= 4 is 0 Å². The zero-order valence-electron chi connectivity index (χ0n) is 7.17. The summed E-state index contributed by atoms with van der Waals surface area (Å²) in [5, 5.41) is 10.4. The second-order valence-electron chi connectivity index (χ2n) is 2.72. The molecule has 0 spiro atoms. The summed E-state index contributed by atoms with van der Waals surface area (Å²) in [4.78, 5) is 8.37. The summed E-state index contributed by atoms with van der Waals surface area (Å²) in [5.74, 6) is 0. The summed E-state index contributed by atoms with van der Waals surface area (Å²) < 4.78 is 0. The molecular weight excluding hydrogens is 161 g/mol. The van der Waals surface area contributed by atoms with Gasteiger partial charge >= 0.3 is 51.4 Å². The van der Waals surface area contributed by atoms with Crippen molar-refractivity contribution in [3.8, 4) is 0 Å². The van der Waals surface area contributed by atoms with Crippen LogP contribution in [0.15, 0.2) is 0 Å². The van der Waals surface area contributed by atoms with Crippen LogP contribution in [0.3, 0.4) is 0 Å². The molecule has 0 aliphatic heterocycles. The van der Waals surface area contributed by atoms with Gasteiger partial charge in [-0.3, -0.25) is 4.84 Å². The van der Waals surface area contributed by atoms with E-state index in [-0.39, 0.29) is 57.0 Å². The molecule has 0 aromatic heterocycles. The van der Waals surface area contributed by atoms with E-state index in [1.807, 2.05) is 20.8 Å². The summed E-state index contributed by atoms with van der Waals surface area (Å²) >= 11 is 0. The van der Waals surface area contributed by atoms with Crippen molar-refractivity contribution in [3.05, 3.63) is 0 Å². The van der Waals surface area contributed by atoms with Gasteiger partial charge in [-0.1, -0.05) is 5.23 Å². The van der Waals surface area contributed by atoms with Crippen LogP contribution in [0, 0.1) is 0 Å². The van der Waals surface area contributed by atoms with Crippen LogP contribution in [0.4, 0.5) is 0 Å². The molecule has 0 unspecified atom stereocenters. The van der Waals surface area contributed by atoms with Crippen LogP contribution in [0.5, 0.6) is 0 Å². The van der Waals surface area contributed by atoms with Crippen LogP contribution in [0.1, 0.15) is 20.8 Å². The third kappa shape index (κ3) is 9.48. The van der Waals surface area contributed by atoms with Crippen LogP contribution < -0.4 is 56.6 Å². The third-order valence-corrected chi connectivity index (χ3v) is 0.507. The van der Waals surface area contributed by atoms with Crippen LogP contribution in [0.2, 0.25) is 0 Å². The van der Waals surface area contributed by atoms with E-state index in [0.717, 1.165) is 5.23 Å². The maximum Gasteiger partial charge on any atom is 1.00 e. The molecule has 0 aliphatic rings. The smallest absolute Gasteiger partial charge is 0.702 e. The Hall–Kier alpha value is 1.48. The summed E-state index contributed by atoms with van der Waals surface area (Å²) in [6.07, 6.45) is 0. The fourth-order valence-electron chi connectivity index (χ4n) is 0.401. The van der Waals surface area contributed by atoms with Gasteiger partial charge < -0.3 is 10.2 Å². The normalized spacial score (nSPS) is 11.4. The summed E-state index contributed by atoms with van der Waals surface area (Å²) in [5.41, 5.74) is -0.376. The van der Waals surface area contributed by atoms with Crippen LogP contribution in [-0.4, -0.2) is 17.9 Å². The topological polar surface area (TPSA) is 44.8 Å². The molecule has 5 heteroatoms. The molecule has 0 rings (SSSR count). The molecule has 0 aromatic carbocycles. The second-order valence-corrected chi connectivity index (χ2v) is 2.72. The maximum atomic E-state index is 9.61. The molecule has 0 fully saturated rings. The van der Waals surface area contributed by atoms with E-state index in [4.69, 9.17) is 4.84 Å².